The molecule has 1 amide bonds. The molecule has 1 aromatic rings. The second-order valence-corrected chi connectivity index (χ2v) is 6.06. The van der Waals surface area contributed by atoms with Gasteiger partial charge in [0.05, 0.1) is 5.56 Å². The lowest BCUT2D eigenvalue weighted by Crippen LogP contribution is -2.34. The second-order valence-electron chi connectivity index (χ2n) is 5.26. The summed E-state index contributed by atoms with van der Waals surface area (Å²) in [5.41, 5.74) is -0.330. The molecule has 0 atom stereocenters. The summed E-state index contributed by atoms with van der Waals surface area (Å²) in [7, 11) is 0. The van der Waals surface area contributed by atoms with E-state index in [4.69, 9.17) is 0 Å². The van der Waals surface area contributed by atoms with Gasteiger partial charge in [-0.15, -0.1) is 0 Å². The molecule has 0 bridgehead atoms. The van der Waals surface area contributed by atoms with E-state index in [0.717, 1.165) is 36.4 Å². The minimum absolute atomic E-state index is 0.0762. The van der Waals surface area contributed by atoms with Gasteiger partial charge in [-0.1, -0.05) is 29.8 Å². The van der Waals surface area contributed by atoms with Crippen molar-refractivity contribution in [2.75, 3.05) is 11.9 Å². The van der Waals surface area contributed by atoms with Crippen LogP contribution in [-0.4, -0.2) is 17.8 Å². The third-order valence-corrected chi connectivity index (χ3v) is 3.45. The summed E-state index contributed by atoms with van der Waals surface area (Å²) in [5.74, 6) is -1.91. The number of carbonyl (C=O) groups excluding carboxylic acids is 1. The number of benzene rings is 1. The average molecular weight is 334 g/mol. The van der Waals surface area contributed by atoms with Crippen molar-refractivity contribution in [3.8, 4) is 0 Å². The van der Waals surface area contributed by atoms with Gasteiger partial charge in [-0.05, 0) is 36.5 Å². The van der Waals surface area contributed by atoms with E-state index in [2.05, 4.69) is 21.2 Å². The van der Waals surface area contributed by atoms with Crippen LogP contribution in [0.2, 0.25) is 0 Å². The molecule has 0 unspecified atom stereocenters. The highest BCUT2D eigenvalue weighted by Gasteiger charge is 2.20. The molecule has 0 aliphatic heterocycles. The van der Waals surface area contributed by atoms with Gasteiger partial charge in [-0.3, -0.25) is 4.79 Å². The zero-order valence-electron chi connectivity index (χ0n) is 11.1. The predicted molar refractivity (Wildman–Crippen MR) is 75.5 cm³/mol. The molecule has 0 saturated heterocycles. The minimum Gasteiger partial charge on any atom is -0.351 e. The van der Waals surface area contributed by atoms with Crippen LogP contribution in [0.4, 0.5) is 8.78 Å². The van der Waals surface area contributed by atoms with E-state index in [1.807, 2.05) is 13.8 Å². The predicted octanol–water partition coefficient (Wildman–Crippen LogP) is 3.90. The first-order valence-electron chi connectivity index (χ1n) is 6.15. The SMILES string of the molecule is CC(C)(CCCBr)CNC(=O)c1cc(F)ccc1F. The Labute approximate surface area is 120 Å². The number of hydrogen-bond donors (Lipinski definition) is 1. The van der Waals surface area contributed by atoms with Crippen LogP contribution in [0.1, 0.15) is 37.0 Å². The highest BCUT2D eigenvalue weighted by atomic mass is 79.9. The first-order valence-corrected chi connectivity index (χ1v) is 7.27. The summed E-state index contributed by atoms with van der Waals surface area (Å²) in [6.45, 7) is 4.48. The van der Waals surface area contributed by atoms with Gasteiger partial charge in [-0.25, -0.2) is 8.78 Å². The van der Waals surface area contributed by atoms with E-state index in [0.29, 0.717) is 6.54 Å². The highest BCUT2D eigenvalue weighted by molar-refractivity contribution is 9.09. The molecule has 0 aromatic heterocycles. The van der Waals surface area contributed by atoms with Gasteiger partial charge in [0.25, 0.3) is 5.91 Å². The second kappa shape index (κ2) is 6.98. The van der Waals surface area contributed by atoms with Crippen molar-refractivity contribution in [3.05, 3.63) is 35.4 Å². The summed E-state index contributed by atoms with van der Waals surface area (Å²) in [4.78, 5) is 11.8. The van der Waals surface area contributed by atoms with Crippen LogP contribution in [0.25, 0.3) is 0 Å². The van der Waals surface area contributed by atoms with Crippen LogP contribution in [-0.2, 0) is 0 Å². The number of amides is 1. The fourth-order valence-corrected chi connectivity index (χ4v) is 2.00. The van der Waals surface area contributed by atoms with Crippen LogP contribution in [0, 0.1) is 17.0 Å². The van der Waals surface area contributed by atoms with Gasteiger partial charge in [0.2, 0.25) is 0 Å². The van der Waals surface area contributed by atoms with Gasteiger partial charge in [-0.2, -0.15) is 0 Å². The third kappa shape index (κ3) is 5.27. The molecule has 0 fully saturated rings. The lowest BCUT2D eigenvalue weighted by molar-refractivity contribution is 0.0930. The topological polar surface area (TPSA) is 29.1 Å². The van der Waals surface area contributed by atoms with Gasteiger partial charge < -0.3 is 5.32 Å². The maximum atomic E-state index is 13.4. The molecule has 0 saturated carbocycles. The first kappa shape index (κ1) is 16.1. The Morgan fingerprint density at radius 3 is 2.68 bits per heavy atom. The lowest BCUT2D eigenvalue weighted by Gasteiger charge is -2.24. The zero-order chi connectivity index (χ0) is 14.5. The van der Waals surface area contributed by atoms with Gasteiger partial charge in [0.15, 0.2) is 0 Å². The molecular weight excluding hydrogens is 316 g/mol. The number of alkyl halides is 1. The van der Waals surface area contributed by atoms with Crippen molar-refractivity contribution in [2.24, 2.45) is 5.41 Å². The quantitative estimate of drug-likeness (QED) is 0.786. The lowest BCUT2D eigenvalue weighted by atomic mass is 9.88. The van der Waals surface area contributed by atoms with Crippen molar-refractivity contribution in [1.29, 1.82) is 0 Å². The van der Waals surface area contributed by atoms with E-state index < -0.39 is 17.5 Å². The van der Waals surface area contributed by atoms with Crippen molar-refractivity contribution < 1.29 is 13.6 Å². The van der Waals surface area contributed by atoms with E-state index in [1.165, 1.54) is 0 Å². The Kier molecular flexibility index (Phi) is 5.91. The summed E-state index contributed by atoms with van der Waals surface area (Å²) < 4.78 is 26.4. The van der Waals surface area contributed by atoms with Crippen LogP contribution < -0.4 is 5.32 Å². The normalized spacial score (nSPS) is 11.4. The van der Waals surface area contributed by atoms with Crippen LogP contribution in [0.3, 0.4) is 0 Å². The van der Waals surface area contributed by atoms with E-state index in [-0.39, 0.29) is 11.0 Å². The number of nitrogens with one attached hydrogen (secondary N) is 1. The maximum Gasteiger partial charge on any atom is 0.254 e. The number of carbonyl (C=O) groups is 1. The molecule has 5 heteroatoms. The van der Waals surface area contributed by atoms with Crippen LogP contribution in [0.15, 0.2) is 18.2 Å². The molecule has 2 nitrogen and oxygen atoms in total. The standard InChI is InChI=1S/C14H18BrF2NO/c1-14(2,6-3-7-15)9-18-13(19)11-8-10(16)4-5-12(11)17/h4-5,8H,3,6-7,9H2,1-2H3,(H,18,19). The summed E-state index contributed by atoms with van der Waals surface area (Å²) in [5, 5.41) is 3.56. The molecule has 19 heavy (non-hydrogen) atoms. The Balaban J connectivity index is 2.62. The molecule has 0 aliphatic rings. The van der Waals surface area contributed by atoms with E-state index >= 15 is 0 Å². The maximum absolute atomic E-state index is 13.4. The molecule has 106 valence electrons. The molecule has 1 aromatic carbocycles. The average Bonchev–Trinajstić information content (AvgIpc) is 2.36. The Morgan fingerprint density at radius 1 is 1.37 bits per heavy atom. The Hall–Kier alpha value is -0.970. The summed E-state index contributed by atoms with van der Waals surface area (Å²) in [6.07, 6.45) is 1.93. The van der Waals surface area contributed by atoms with Gasteiger partial charge in [0, 0.05) is 11.9 Å². The largest absolute Gasteiger partial charge is 0.351 e. The molecule has 1 N–H and O–H groups in total. The fraction of sp³-hybridized carbons (Fsp3) is 0.500. The van der Waals surface area contributed by atoms with Crippen LogP contribution in [0.5, 0.6) is 0 Å². The number of hydrogen-bond acceptors (Lipinski definition) is 1. The molecule has 0 spiro atoms. The van der Waals surface area contributed by atoms with E-state index in [1.54, 1.807) is 0 Å². The van der Waals surface area contributed by atoms with Gasteiger partial charge >= 0.3 is 0 Å². The van der Waals surface area contributed by atoms with Crippen LogP contribution >= 0.6 is 15.9 Å². The zero-order valence-corrected chi connectivity index (χ0v) is 12.7. The van der Waals surface area contributed by atoms with Crippen molar-refractivity contribution in [2.45, 2.75) is 26.7 Å². The number of halogens is 3. The summed E-state index contributed by atoms with van der Waals surface area (Å²) in [6, 6.07) is 2.86. The van der Waals surface area contributed by atoms with Crippen molar-refractivity contribution >= 4 is 21.8 Å². The Morgan fingerprint density at radius 2 is 2.05 bits per heavy atom. The molecule has 1 rings (SSSR count). The monoisotopic (exact) mass is 333 g/mol. The van der Waals surface area contributed by atoms with E-state index in [9.17, 15) is 13.6 Å². The molecular formula is C14H18BrF2NO. The van der Waals surface area contributed by atoms with Crippen molar-refractivity contribution in [1.82, 2.24) is 5.32 Å². The minimum atomic E-state index is -0.711. The molecule has 0 radical (unpaired) electrons. The smallest absolute Gasteiger partial charge is 0.254 e. The number of rotatable bonds is 6. The fourth-order valence-electron chi connectivity index (χ4n) is 1.72. The molecule has 0 aliphatic carbocycles. The summed E-state index contributed by atoms with van der Waals surface area (Å²) >= 11 is 3.36. The van der Waals surface area contributed by atoms with Crippen molar-refractivity contribution in [3.63, 3.8) is 0 Å². The Bertz CT molecular complexity index is 449. The third-order valence-electron chi connectivity index (χ3n) is 2.89. The molecule has 0 heterocycles. The van der Waals surface area contributed by atoms with Gasteiger partial charge in [0.1, 0.15) is 11.6 Å². The highest BCUT2D eigenvalue weighted by Crippen LogP contribution is 2.22. The first-order chi connectivity index (χ1) is 8.85.